The molecule has 0 radical (unpaired) electrons. The predicted octanol–water partition coefficient (Wildman–Crippen LogP) is 2.78. The van der Waals surface area contributed by atoms with E-state index in [0.29, 0.717) is 0 Å². The van der Waals surface area contributed by atoms with Gasteiger partial charge in [0, 0.05) is 20.9 Å². The molecule has 1 aromatic rings. The molecule has 0 saturated carbocycles. The summed E-state index contributed by atoms with van der Waals surface area (Å²) in [5.41, 5.74) is 3.61. The summed E-state index contributed by atoms with van der Waals surface area (Å²) in [5, 5.41) is 25.1. The molecule has 2 aliphatic rings. The van der Waals surface area contributed by atoms with Crippen molar-refractivity contribution in [1.29, 1.82) is 0 Å². The fraction of sp³-hybridized carbons (Fsp3) is 0.500. The molecule has 5 heteroatoms. The molecule has 2 aliphatic carbocycles. The van der Waals surface area contributed by atoms with Crippen LogP contribution in [0.2, 0.25) is 0 Å². The third-order valence-electron chi connectivity index (χ3n) is 3.51. The smallest absolute Gasteiger partial charge is 0.0885 e. The van der Waals surface area contributed by atoms with Crippen LogP contribution in [0.3, 0.4) is 0 Å². The van der Waals surface area contributed by atoms with E-state index in [9.17, 15) is 0 Å². The molecule has 1 aromatic heterocycles. The highest BCUT2D eigenvalue weighted by Crippen LogP contribution is 2.38. The number of hydrogen-bond acceptors (Lipinski definition) is 5. The van der Waals surface area contributed by atoms with Gasteiger partial charge < -0.3 is 10.4 Å². The molecule has 0 saturated heterocycles. The largest absolute Gasteiger partial charge is 0.411 e. The van der Waals surface area contributed by atoms with Crippen molar-refractivity contribution >= 4 is 22.8 Å². The second-order valence-electron chi connectivity index (χ2n) is 4.50. The van der Waals surface area contributed by atoms with Crippen LogP contribution in [0.15, 0.2) is 10.3 Å². The Morgan fingerprint density at radius 3 is 1.65 bits per heavy atom. The Morgan fingerprint density at radius 1 is 0.765 bits per heavy atom. The topological polar surface area (TPSA) is 65.2 Å². The van der Waals surface area contributed by atoms with Crippen LogP contribution in [-0.2, 0) is 12.8 Å². The normalized spacial score (nSPS) is 23.8. The summed E-state index contributed by atoms with van der Waals surface area (Å²) < 4.78 is 0. The average Bonchev–Trinajstić information content (AvgIpc) is 2.76. The van der Waals surface area contributed by atoms with Crippen LogP contribution < -0.4 is 0 Å². The van der Waals surface area contributed by atoms with Crippen molar-refractivity contribution in [1.82, 2.24) is 0 Å². The lowest BCUT2D eigenvalue weighted by Gasteiger charge is -2.17. The molecule has 4 nitrogen and oxygen atoms in total. The Balaban J connectivity index is 2.24. The van der Waals surface area contributed by atoms with Gasteiger partial charge in [0.05, 0.1) is 11.4 Å². The van der Waals surface area contributed by atoms with Crippen LogP contribution in [0, 0.1) is 0 Å². The highest BCUT2D eigenvalue weighted by atomic mass is 32.1. The summed E-state index contributed by atoms with van der Waals surface area (Å²) >= 11 is 1.79. The van der Waals surface area contributed by atoms with Gasteiger partial charge in [0.15, 0.2) is 0 Å². The van der Waals surface area contributed by atoms with Crippen molar-refractivity contribution in [2.75, 3.05) is 0 Å². The van der Waals surface area contributed by atoms with E-state index < -0.39 is 0 Å². The standard InChI is InChI=1S/C12H14N2O2S/c15-13-7-3-1-5-9-11(7)12-8(14-16)4-2-6-10(12)17-9/h15-16H,1-6H2/b13-7-,14-8+. The number of hydrogen-bond donors (Lipinski definition) is 2. The second kappa shape index (κ2) is 4.14. The lowest BCUT2D eigenvalue weighted by atomic mass is 9.87. The first kappa shape index (κ1) is 10.8. The summed E-state index contributed by atoms with van der Waals surface area (Å²) in [6.45, 7) is 0. The van der Waals surface area contributed by atoms with Gasteiger partial charge in [-0.1, -0.05) is 10.3 Å². The molecule has 0 atom stereocenters. The third-order valence-corrected chi connectivity index (χ3v) is 4.82. The van der Waals surface area contributed by atoms with Crippen LogP contribution in [-0.4, -0.2) is 21.8 Å². The van der Waals surface area contributed by atoms with Crippen LogP contribution in [0.5, 0.6) is 0 Å². The van der Waals surface area contributed by atoms with Crippen molar-refractivity contribution < 1.29 is 10.4 Å². The molecule has 0 bridgehead atoms. The first-order chi connectivity index (χ1) is 8.35. The summed E-state index contributed by atoms with van der Waals surface area (Å²) in [6.07, 6.45) is 5.79. The molecule has 0 aliphatic heterocycles. The van der Waals surface area contributed by atoms with E-state index in [1.165, 1.54) is 9.75 Å². The molecular weight excluding hydrogens is 236 g/mol. The van der Waals surface area contributed by atoms with E-state index in [2.05, 4.69) is 10.3 Å². The summed E-state index contributed by atoms with van der Waals surface area (Å²) in [5.74, 6) is 0. The molecule has 0 spiro atoms. The van der Waals surface area contributed by atoms with Gasteiger partial charge >= 0.3 is 0 Å². The maximum absolute atomic E-state index is 9.11. The Bertz CT molecular complexity index is 472. The van der Waals surface area contributed by atoms with Crippen molar-refractivity contribution in [2.45, 2.75) is 38.5 Å². The van der Waals surface area contributed by atoms with Gasteiger partial charge in [-0.25, -0.2) is 0 Å². The molecule has 3 rings (SSSR count). The maximum Gasteiger partial charge on any atom is 0.0885 e. The minimum absolute atomic E-state index is 0.756. The molecular formula is C12H14N2O2S. The predicted molar refractivity (Wildman–Crippen MR) is 66.8 cm³/mol. The average molecular weight is 250 g/mol. The maximum atomic E-state index is 9.11. The molecule has 1 heterocycles. The zero-order chi connectivity index (χ0) is 11.8. The van der Waals surface area contributed by atoms with Gasteiger partial charge in [-0.3, -0.25) is 0 Å². The zero-order valence-corrected chi connectivity index (χ0v) is 10.3. The van der Waals surface area contributed by atoms with Gasteiger partial charge in [-0.05, 0) is 38.5 Å². The molecule has 0 unspecified atom stereocenters. The van der Waals surface area contributed by atoms with Crippen molar-refractivity contribution in [2.24, 2.45) is 10.3 Å². The van der Waals surface area contributed by atoms with Gasteiger partial charge in [-0.2, -0.15) is 0 Å². The Kier molecular flexibility index (Phi) is 2.63. The van der Waals surface area contributed by atoms with Crippen molar-refractivity contribution in [3.05, 3.63) is 20.9 Å². The number of aryl methyl sites for hydroxylation is 2. The van der Waals surface area contributed by atoms with Crippen LogP contribution in [0.1, 0.15) is 46.6 Å². The molecule has 17 heavy (non-hydrogen) atoms. The van der Waals surface area contributed by atoms with Crippen LogP contribution >= 0.6 is 11.3 Å². The van der Waals surface area contributed by atoms with Gasteiger partial charge in [0.1, 0.15) is 0 Å². The minimum Gasteiger partial charge on any atom is -0.411 e. The number of thiophene rings is 1. The number of fused-ring (bicyclic) bond motifs is 3. The SMILES string of the molecule is O/N=C1/CCCc2sc3c(c21)/C(=N/O)CCC3. The van der Waals surface area contributed by atoms with E-state index in [4.69, 9.17) is 10.4 Å². The number of nitrogens with zero attached hydrogens (tertiary/aromatic N) is 2. The first-order valence-electron chi connectivity index (χ1n) is 5.92. The summed E-state index contributed by atoms with van der Waals surface area (Å²) in [6, 6.07) is 0. The van der Waals surface area contributed by atoms with Gasteiger partial charge in [0.2, 0.25) is 0 Å². The number of rotatable bonds is 0. The van der Waals surface area contributed by atoms with E-state index in [-0.39, 0.29) is 0 Å². The fourth-order valence-corrected chi connectivity index (χ4v) is 4.21. The van der Waals surface area contributed by atoms with Crippen molar-refractivity contribution in [3.63, 3.8) is 0 Å². The summed E-state index contributed by atoms with van der Waals surface area (Å²) in [7, 11) is 0. The minimum atomic E-state index is 0.756. The third kappa shape index (κ3) is 1.57. The molecule has 2 N–H and O–H groups in total. The van der Waals surface area contributed by atoms with Crippen LogP contribution in [0.4, 0.5) is 0 Å². The molecule has 0 fully saturated rings. The van der Waals surface area contributed by atoms with E-state index in [0.717, 1.165) is 61.1 Å². The Labute approximate surface area is 103 Å². The van der Waals surface area contributed by atoms with Crippen LogP contribution in [0.25, 0.3) is 0 Å². The van der Waals surface area contributed by atoms with Crippen molar-refractivity contribution in [3.8, 4) is 0 Å². The van der Waals surface area contributed by atoms with Gasteiger partial charge in [-0.15, -0.1) is 11.3 Å². The van der Waals surface area contributed by atoms with E-state index in [1.807, 2.05) is 0 Å². The highest BCUT2D eigenvalue weighted by molar-refractivity contribution is 7.12. The Hall–Kier alpha value is -1.36. The summed E-state index contributed by atoms with van der Waals surface area (Å²) in [4.78, 5) is 2.58. The van der Waals surface area contributed by atoms with E-state index >= 15 is 0 Å². The molecule has 90 valence electrons. The first-order valence-corrected chi connectivity index (χ1v) is 6.74. The second-order valence-corrected chi connectivity index (χ2v) is 5.69. The lowest BCUT2D eigenvalue weighted by Crippen LogP contribution is -2.17. The molecule has 0 amide bonds. The lowest BCUT2D eigenvalue weighted by molar-refractivity contribution is 0.316. The zero-order valence-electron chi connectivity index (χ0n) is 9.44. The quantitative estimate of drug-likeness (QED) is 0.549. The Morgan fingerprint density at radius 2 is 1.24 bits per heavy atom. The van der Waals surface area contributed by atoms with E-state index in [1.54, 1.807) is 11.3 Å². The highest BCUT2D eigenvalue weighted by Gasteiger charge is 2.30. The number of oxime groups is 2. The van der Waals surface area contributed by atoms with Gasteiger partial charge in [0.25, 0.3) is 0 Å². The fourth-order valence-electron chi connectivity index (χ4n) is 2.77. The molecule has 0 aromatic carbocycles. The monoisotopic (exact) mass is 250 g/mol.